The Morgan fingerprint density at radius 3 is 2.09 bits per heavy atom. The summed E-state index contributed by atoms with van der Waals surface area (Å²) >= 11 is 0. The lowest BCUT2D eigenvalue weighted by Crippen LogP contribution is -2.18. The minimum Gasteiger partial charge on any atom is -0.496 e. The molecule has 2 nitrogen and oxygen atoms in total. The van der Waals surface area contributed by atoms with E-state index in [2.05, 4.69) is 71.6 Å². The molecule has 1 aromatic heterocycles. The molecule has 23 heavy (non-hydrogen) atoms. The van der Waals surface area contributed by atoms with E-state index in [1.165, 1.54) is 16.7 Å². The zero-order valence-electron chi connectivity index (χ0n) is 15.7. The quantitative estimate of drug-likeness (QED) is 0.714. The monoisotopic (exact) mass is 311 g/mol. The predicted octanol–water partition coefficient (Wildman–Crippen LogP) is 5.66. The maximum Gasteiger partial charge on any atom is 0.128 e. The SMILES string of the molecule is COc1cc(C(C)(C)C)cc(C(C)(C)C)c1-c1ncccc1C. The van der Waals surface area contributed by atoms with Crippen molar-refractivity contribution < 1.29 is 4.74 Å². The van der Waals surface area contributed by atoms with Gasteiger partial charge in [0.25, 0.3) is 0 Å². The van der Waals surface area contributed by atoms with E-state index in [0.29, 0.717) is 0 Å². The third kappa shape index (κ3) is 3.57. The van der Waals surface area contributed by atoms with Gasteiger partial charge in [0.15, 0.2) is 0 Å². The van der Waals surface area contributed by atoms with Gasteiger partial charge in [0.05, 0.1) is 12.8 Å². The molecule has 0 spiro atoms. The van der Waals surface area contributed by atoms with E-state index >= 15 is 0 Å². The second-order valence-electron chi connectivity index (χ2n) is 8.27. The molecule has 0 N–H and O–H groups in total. The van der Waals surface area contributed by atoms with Gasteiger partial charge in [-0.3, -0.25) is 4.98 Å². The highest BCUT2D eigenvalue weighted by Crippen LogP contribution is 2.42. The van der Waals surface area contributed by atoms with Crippen molar-refractivity contribution in [2.24, 2.45) is 0 Å². The van der Waals surface area contributed by atoms with Gasteiger partial charge in [0.2, 0.25) is 0 Å². The van der Waals surface area contributed by atoms with Gasteiger partial charge in [0, 0.05) is 11.8 Å². The second kappa shape index (κ2) is 5.99. The number of aromatic nitrogens is 1. The fourth-order valence-corrected chi connectivity index (χ4v) is 2.79. The van der Waals surface area contributed by atoms with E-state index in [0.717, 1.165) is 17.0 Å². The van der Waals surface area contributed by atoms with E-state index in [9.17, 15) is 0 Å². The fraction of sp³-hybridized carbons (Fsp3) is 0.476. The van der Waals surface area contributed by atoms with Gasteiger partial charge >= 0.3 is 0 Å². The Bertz CT molecular complexity index is 703. The molecule has 2 aromatic rings. The van der Waals surface area contributed by atoms with Crippen LogP contribution >= 0.6 is 0 Å². The lowest BCUT2D eigenvalue weighted by atomic mass is 9.77. The zero-order chi connectivity index (χ0) is 17.4. The van der Waals surface area contributed by atoms with Gasteiger partial charge in [0.1, 0.15) is 5.75 Å². The molecule has 0 aliphatic carbocycles. The molecule has 0 aliphatic heterocycles. The third-order valence-corrected chi connectivity index (χ3v) is 4.24. The van der Waals surface area contributed by atoms with Crippen molar-refractivity contribution >= 4 is 0 Å². The molecule has 1 heterocycles. The number of pyridine rings is 1. The van der Waals surface area contributed by atoms with Crippen LogP contribution in [0.3, 0.4) is 0 Å². The smallest absolute Gasteiger partial charge is 0.128 e. The van der Waals surface area contributed by atoms with E-state index in [-0.39, 0.29) is 10.8 Å². The lowest BCUT2D eigenvalue weighted by Gasteiger charge is -2.29. The number of benzene rings is 1. The first kappa shape index (κ1) is 17.5. The maximum absolute atomic E-state index is 5.79. The minimum atomic E-state index is 0.00777. The molecule has 1 aromatic carbocycles. The highest BCUT2D eigenvalue weighted by Gasteiger charge is 2.27. The number of hydrogen-bond donors (Lipinski definition) is 0. The average Bonchev–Trinajstić information content (AvgIpc) is 2.44. The van der Waals surface area contributed by atoms with Gasteiger partial charge in [-0.15, -0.1) is 0 Å². The zero-order valence-corrected chi connectivity index (χ0v) is 15.7. The van der Waals surface area contributed by atoms with Gasteiger partial charge < -0.3 is 4.74 Å². The molecule has 0 saturated carbocycles. The predicted molar refractivity (Wildman–Crippen MR) is 98.4 cm³/mol. The van der Waals surface area contributed by atoms with Crippen LogP contribution in [0.2, 0.25) is 0 Å². The van der Waals surface area contributed by atoms with Crippen molar-refractivity contribution in [3.05, 3.63) is 47.2 Å². The number of methoxy groups -OCH3 is 1. The molecule has 0 amide bonds. The van der Waals surface area contributed by atoms with Crippen LogP contribution in [-0.4, -0.2) is 12.1 Å². The summed E-state index contributed by atoms with van der Waals surface area (Å²) in [5, 5.41) is 0. The van der Waals surface area contributed by atoms with Crippen molar-refractivity contribution in [3.8, 4) is 17.0 Å². The molecule has 124 valence electrons. The van der Waals surface area contributed by atoms with Gasteiger partial charge in [-0.25, -0.2) is 0 Å². The highest BCUT2D eigenvalue weighted by atomic mass is 16.5. The molecule has 0 fully saturated rings. The largest absolute Gasteiger partial charge is 0.496 e. The summed E-state index contributed by atoms with van der Waals surface area (Å²) < 4.78 is 5.79. The normalized spacial score (nSPS) is 12.3. The minimum absolute atomic E-state index is 0.00777. The highest BCUT2D eigenvalue weighted by molar-refractivity contribution is 5.75. The standard InChI is InChI=1S/C21H29NO/c1-14-10-9-11-22-19(14)18-16(21(5,6)7)12-15(20(2,3)4)13-17(18)23-8/h9-13H,1-8H3. The third-order valence-electron chi connectivity index (χ3n) is 4.24. The summed E-state index contributed by atoms with van der Waals surface area (Å²) in [5.74, 6) is 0.907. The first-order chi connectivity index (χ1) is 10.6. The molecule has 2 rings (SSSR count). The molecule has 0 radical (unpaired) electrons. The van der Waals surface area contributed by atoms with Crippen LogP contribution in [0.25, 0.3) is 11.3 Å². The van der Waals surface area contributed by atoms with Crippen molar-refractivity contribution in [1.29, 1.82) is 0 Å². The molecule has 0 unspecified atom stereocenters. The van der Waals surface area contributed by atoms with Crippen LogP contribution in [0, 0.1) is 6.92 Å². The Hall–Kier alpha value is -1.83. The van der Waals surface area contributed by atoms with Gasteiger partial charge in [-0.05, 0) is 46.6 Å². The average molecular weight is 311 g/mol. The first-order valence-corrected chi connectivity index (χ1v) is 8.20. The van der Waals surface area contributed by atoms with E-state index in [1.54, 1.807) is 7.11 Å². The number of nitrogens with zero attached hydrogens (tertiary/aromatic N) is 1. The van der Waals surface area contributed by atoms with Crippen molar-refractivity contribution in [2.75, 3.05) is 7.11 Å². The number of aryl methyl sites for hydroxylation is 1. The fourth-order valence-electron chi connectivity index (χ4n) is 2.79. The Morgan fingerprint density at radius 2 is 1.61 bits per heavy atom. The van der Waals surface area contributed by atoms with E-state index in [1.807, 2.05) is 12.3 Å². The van der Waals surface area contributed by atoms with Crippen LogP contribution in [0.4, 0.5) is 0 Å². The summed E-state index contributed by atoms with van der Waals surface area (Å²) in [6.45, 7) is 15.5. The van der Waals surface area contributed by atoms with Crippen LogP contribution in [0.1, 0.15) is 58.2 Å². The Labute approximate surface area is 140 Å². The lowest BCUT2D eigenvalue weighted by molar-refractivity contribution is 0.412. The van der Waals surface area contributed by atoms with Crippen LogP contribution in [-0.2, 0) is 10.8 Å². The summed E-state index contributed by atoms with van der Waals surface area (Å²) in [6, 6.07) is 8.57. The van der Waals surface area contributed by atoms with Gasteiger partial charge in [-0.1, -0.05) is 53.7 Å². The summed E-state index contributed by atoms with van der Waals surface area (Å²) in [7, 11) is 1.75. The van der Waals surface area contributed by atoms with E-state index in [4.69, 9.17) is 4.74 Å². The van der Waals surface area contributed by atoms with Crippen molar-refractivity contribution in [3.63, 3.8) is 0 Å². The number of hydrogen-bond acceptors (Lipinski definition) is 2. The molecule has 0 bridgehead atoms. The van der Waals surface area contributed by atoms with Crippen molar-refractivity contribution in [2.45, 2.75) is 59.3 Å². The second-order valence-corrected chi connectivity index (χ2v) is 8.27. The topological polar surface area (TPSA) is 22.1 Å². The maximum atomic E-state index is 5.79. The Balaban J connectivity index is 2.87. The first-order valence-electron chi connectivity index (χ1n) is 8.20. The Kier molecular flexibility index (Phi) is 4.57. The van der Waals surface area contributed by atoms with E-state index < -0.39 is 0 Å². The molecule has 2 heteroatoms. The van der Waals surface area contributed by atoms with Crippen molar-refractivity contribution in [1.82, 2.24) is 4.98 Å². The molecular weight excluding hydrogens is 282 g/mol. The Morgan fingerprint density at radius 1 is 0.957 bits per heavy atom. The molecule has 0 aliphatic rings. The summed E-state index contributed by atoms with van der Waals surface area (Å²) in [4.78, 5) is 4.64. The number of rotatable bonds is 2. The molecule has 0 atom stereocenters. The summed E-state index contributed by atoms with van der Waals surface area (Å²) in [5.41, 5.74) is 5.94. The van der Waals surface area contributed by atoms with Gasteiger partial charge in [-0.2, -0.15) is 0 Å². The van der Waals surface area contributed by atoms with Crippen LogP contribution in [0.5, 0.6) is 5.75 Å². The number of ether oxygens (including phenoxy) is 1. The molecular formula is C21H29NO. The summed E-state index contributed by atoms with van der Waals surface area (Å²) in [6.07, 6.45) is 1.85. The van der Waals surface area contributed by atoms with Crippen LogP contribution in [0.15, 0.2) is 30.5 Å². The van der Waals surface area contributed by atoms with Crippen LogP contribution < -0.4 is 4.74 Å². The molecule has 0 saturated heterocycles.